The quantitative estimate of drug-likeness (QED) is 0.611. The molecular formula is C8H14N2O4S. The van der Waals surface area contributed by atoms with Crippen LogP contribution in [-0.2, 0) is 19.6 Å². The highest BCUT2D eigenvalue weighted by Crippen LogP contribution is 2.04. The van der Waals surface area contributed by atoms with E-state index in [9.17, 15) is 13.2 Å². The maximum atomic E-state index is 11.5. The van der Waals surface area contributed by atoms with E-state index in [0.717, 1.165) is 4.31 Å². The van der Waals surface area contributed by atoms with Crippen LogP contribution in [-0.4, -0.2) is 44.1 Å². The Bertz CT molecular complexity index is 357. The van der Waals surface area contributed by atoms with Crippen LogP contribution in [0.5, 0.6) is 0 Å². The van der Waals surface area contributed by atoms with Crippen LogP contribution in [0, 0.1) is 11.3 Å². The Labute approximate surface area is 89.5 Å². The highest BCUT2D eigenvalue weighted by Gasteiger charge is 2.26. The molecule has 0 bridgehead atoms. The van der Waals surface area contributed by atoms with E-state index in [0.29, 0.717) is 0 Å². The van der Waals surface area contributed by atoms with Gasteiger partial charge in [0.15, 0.2) is 5.75 Å². The van der Waals surface area contributed by atoms with Crippen molar-refractivity contribution in [2.45, 2.75) is 19.9 Å². The summed E-state index contributed by atoms with van der Waals surface area (Å²) in [7, 11) is -2.50. The third-order valence-electron chi connectivity index (χ3n) is 1.78. The molecule has 0 saturated carbocycles. The largest absolute Gasteiger partial charge is 0.465 e. The van der Waals surface area contributed by atoms with E-state index in [1.54, 1.807) is 13.0 Å². The summed E-state index contributed by atoms with van der Waals surface area (Å²) in [5, 5.41) is 8.53. The van der Waals surface area contributed by atoms with Crippen molar-refractivity contribution in [3.05, 3.63) is 0 Å². The first-order chi connectivity index (χ1) is 6.85. The van der Waals surface area contributed by atoms with Crippen LogP contribution in [0.1, 0.15) is 13.8 Å². The van der Waals surface area contributed by atoms with Crippen molar-refractivity contribution in [2.75, 3.05) is 19.4 Å². The van der Waals surface area contributed by atoms with Crippen LogP contribution in [0.4, 0.5) is 0 Å². The summed E-state index contributed by atoms with van der Waals surface area (Å²) in [6.07, 6.45) is 0. The van der Waals surface area contributed by atoms with Gasteiger partial charge in [-0.3, -0.25) is 4.79 Å². The van der Waals surface area contributed by atoms with Crippen LogP contribution in [0.3, 0.4) is 0 Å². The second-order valence-electron chi connectivity index (χ2n) is 2.88. The van der Waals surface area contributed by atoms with Crippen LogP contribution in [0.2, 0.25) is 0 Å². The summed E-state index contributed by atoms with van der Waals surface area (Å²) in [5.41, 5.74) is 0. The van der Waals surface area contributed by atoms with Gasteiger partial charge in [0.1, 0.15) is 6.04 Å². The molecule has 6 nitrogen and oxygen atoms in total. The first kappa shape index (κ1) is 13.9. The molecule has 0 aromatic heterocycles. The van der Waals surface area contributed by atoms with Crippen LogP contribution >= 0.6 is 0 Å². The van der Waals surface area contributed by atoms with Gasteiger partial charge in [-0.05, 0) is 13.8 Å². The van der Waals surface area contributed by atoms with Gasteiger partial charge in [-0.25, -0.2) is 8.42 Å². The average Bonchev–Trinajstić information content (AvgIpc) is 2.15. The van der Waals surface area contributed by atoms with Gasteiger partial charge in [0.25, 0.3) is 0 Å². The lowest BCUT2D eigenvalue weighted by Crippen LogP contribution is -2.38. The number of sulfonamides is 1. The van der Waals surface area contributed by atoms with E-state index >= 15 is 0 Å². The molecule has 86 valence electrons. The van der Waals surface area contributed by atoms with Crippen molar-refractivity contribution in [1.29, 1.82) is 5.26 Å². The van der Waals surface area contributed by atoms with Gasteiger partial charge < -0.3 is 4.74 Å². The van der Waals surface area contributed by atoms with Gasteiger partial charge in [0, 0.05) is 7.05 Å². The standard InChI is InChI=1S/C8H14N2O4S/c1-4-14-8(11)6-15(12,13)10(3)7(2)5-9/h7H,4,6H2,1-3H3. The molecule has 0 aliphatic carbocycles. The molecule has 0 rings (SSSR count). The number of rotatable bonds is 5. The number of hydrogen-bond acceptors (Lipinski definition) is 5. The third-order valence-corrected chi connectivity index (χ3v) is 3.57. The monoisotopic (exact) mass is 234 g/mol. The molecule has 15 heavy (non-hydrogen) atoms. The van der Waals surface area contributed by atoms with Gasteiger partial charge >= 0.3 is 5.97 Å². The molecule has 1 atom stereocenters. The number of nitrogens with zero attached hydrogens (tertiary/aromatic N) is 2. The fourth-order valence-corrected chi connectivity index (χ4v) is 1.89. The molecule has 0 aromatic rings. The van der Waals surface area contributed by atoms with Gasteiger partial charge in [0.2, 0.25) is 10.0 Å². The maximum Gasteiger partial charge on any atom is 0.322 e. The molecule has 0 fully saturated rings. The Kier molecular flexibility index (Phi) is 5.25. The minimum absolute atomic E-state index is 0.131. The number of ether oxygens (including phenoxy) is 1. The van der Waals surface area contributed by atoms with Crippen molar-refractivity contribution in [1.82, 2.24) is 4.31 Å². The van der Waals surface area contributed by atoms with Gasteiger partial charge in [-0.15, -0.1) is 0 Å². The number of carbonyl (C=O) groups is 1. The van der Waals surface area contributed by atoms with E-state index < -0.39 is 27.8 Å². The zero-order valence-corrected chi connectivity index (χ0v) is 9.74. The summed E-state index contributed by atoms with van der Waals surface area (Å²) in [4.78, 5) is 11.0. The molecule has 0 aliphatic heterocycles. The first-order valence-electron chi connectivity index (χ1n) is 4.36. The summed E-state index contributed by atoms with van der Waals surface area (Å²) in [5.74, 6) is -1.54. The SMILES string of the molecule is CCOC(=O)CS(=O)(=O)N(C)C(C)C#N. The van der Waals surface area contributed by atoms with Crippen molar-refractivity contribution in [2.24, 2.45) is 0 Å². The van der Waals surface area contributed by atoms with Gasteiger partial charge in [-0.2, -0.15) is 9.57 Å². The number of esters is 1. The maximum absolute atomic E-state index is 11.5. The second-order valence-corrected chi connectivity index (χ2v) is 4.91. The fraction of sp³-hybridized carbons (Fsp3) is 0.750. The summed E-state index contributed by atoms with van der Waals surface area (Å²) >= 11 is 0. The molecule has 0 spiro atoms. The van der Waals surface area contributed by atoms with Gasteiger partial charge in [0.05, 0.1) is 12.7 Å². The van der Waals surface area contributed by atoms with Gasteiger partial charge in [-0.1, -0.05) is 0 Å². The van der Waals surface area contributed by atoms with Crippen molar-refractivity contribution < 1.29 is 17.9 Å². The zero-order valence-electron chi connectivity index (χ0n) is 8.93. The summed E-state index contributed by atoms with van der Waals surface area (Å²) in [6, 6.07) is 0.969. The Morgan fingerprint density at radius 2 is 2.13 bits per heavy atom. The predicted molar refractivity (Wildman–Crippen MR) is 53.3 cm³/mol. The normalized spacial score (nSPS) is 13.3. The number of carbonyl (C=O) groups excluding carboxylic acids is 1. The molecule has 7 heteroatoms. The van der Waals surface area contributed by atoms with Crippen molar-refractivity contribution in [3.63, 3.8) is 0 Å². The van der Waals surface area contributed by atoms with Crippen molar-refractivity contribution >= 4 is 16.0 Å². The topological polar surface area (TPSA) is 87.5 Å². The predicted octanol–water partition coefficient (Wildman–Crippen LogP) is -0.277. The summed E-state index contributed by atoms with van der Waals surface area (Å²) < 4.78 is 28.3. The molecule has 0 saturated heterocycles. The molecule has 0 amide bonds. The number of nitriles is 1. The highest BCUT2D eigenvalue weighted by molar-refractivity contribution is 7.89. The lowest BCUT2D eigenvalue weighted by molar-refractivity contribution is -0.140. The molecule has 0 N–H and O–H groups in total. The number of hydrogen-bond donors (Lipinski definition) is 0. The Hall–Kier alpha value is -1.13. The lowest BCUT2D eigenvalue weighted by atomic mass is 10.4. The highest BCUT2D eigenvalue weighted by atomic mass is 32.2. The Morgan fingerprint density at radius 3 is 2.53 bits per heavy atom. The Balaban J connectivity index is 4.57. The van der Waals surface area contributed by atoms with E-state index in [2.05, 4.69) is 4.74 Å². The van der Waals surface area contributed by atoms with Crippen LogP contribution in [0.25, 0.3) is 0 Å². The minimum Gasteiger partial charge on any atom is -0.465 e. The minimum atomic E-state index is -3.76. The molecular weight excluding hydrogens is 220 g/mol. The van der Waals surface area contributed by atoms with E-state index in [1.165, 1.54) is 14.0 Å². The third kappa shape index (κ3) is 4.27. The smallest absolute Gasteiger partial charge is 0.322 e. The van der Waals surface area contributed by atoms with Crippen LogP contribution < -0.4 is 0 Å². The van der Waals surface area contributed by atoms with Crippen molar-refractivity contribution in [3.8, 4) is 6.07 Å². The summed E-state index contributed by atoms with van der Waals surface area (Å²) in [6.45, 7) is 3.15. The zero-order chi connectivity index (χ0) is 12.1. The molecule has 0 heterocycles. The first-order valence-corrected chi connectivity index (χ1v) is 5.97. The van der Waals surface area contributed by atoms with E-state index in [4.69, 9.17) is 5.26 Å². The fourth-order valence-electron chi connectivity index (χ4n) is 0.776. The van der Waals surface area contributed by atoms with Crippen LogP contribution in [0.15, 0.2) is 0 Å². The second kappa shape index (κ2) is 5.68. The molecule has 0 aliphatic rings. The lowest BCUT2D eigenvalue weighted by Gasteiger charge is -2.18. The molecule has 1 unspecified atom stereocenters. The van der Waals surface area contributed by atoms with E-state index in [1.807, 2.05) is 0 Å². The molecule has 0 aromatic carbocycles. The molecule has 0 radical (unpaired) electrons. The Morgan fingerprint density at radius 1 is 1.60 bits per heavy atom. The average molecular weight is 234 g/mol. The van der Waals surface area contributed by atoms with E-state index in [-0.39, 0.29) is 6.61 Å².